The van der Waals surface area contributed by atoms with E-state index in [2.05, 4.69) is 0 Å². The van der Waals surface area contributed by atoms with Crippen LogP contribution in [0.25, 0.3) is 0 Å². The molecular weight excluding hydrogens is 214 g/mol. The predicted molar refractivity (Wildman–Crippen MR) is 68.5 cm³/mol. The maximum absolute atomic E-state index is 12.2. The van der Waals surface area contributed by atoms with Crippen molar-refractivity contribution in [2.45, 2.75) is 27.2 Å². The molecule has 0 aliphatic carbocycles. The van der Waals surface area contributed by atoms with Gasteiger partial charge in [-0.2, -0.15) is 0 Å². The molecular formula is C14H19NO2. The van der Waals surface area contributed by atoms with E-state index in [4.69, 9.17) is 0 Å². The molecule has 0 atom stereocenters. The van der Waals surface area contributed by atoms with Crippen molar-refractivity contribution in [3.05, 3.63) is 34.9 Å². The quantitative estimate of drug-likeness (QED) is 0.733. The molecule has 0 saturated carbocycles. The van der Waals surface area contributed by atoms with Crippen LogP contribution in [0.2, 0.25) is 0 Å². The minimum atomic E-state index is -0.0626. The Labute approximate surface area is 102 Å². The zero-order valence-electron chi connectivity index (χ0n) is 10.7. The summed E-state index contributed by atoms with van der Waals surface area (Å²) >= 11 is 0. The molecule has 0 aromatic heterocycles. The zero-order valence-corrected chi connectivity index (χ0v) is 10.7. The summed E-state index contributed by atoms with van der Waals surface area (Å²) in [5.41, 5.74) is 1.98. The lowest BCUT2D eigenvalue weighted by Crippen LogP contribution is -2.31. The van der Waals surface area contributed by atoms with Gasteiger partial charge in [0.05, 0.1) is 5.56 Å². The van der Waals surface area contributed by atoms with E-state index in [0.29, 0.717) is 24.2 Å². The third kappa shape index (κ3) is 2.73. The molecule has 0 heterocycles. The molecule has 1 rings (SSSR count). The van der Waals surface area contributed by atoms with Crippen molar-refractivity contribution in [3.63, 3.8) is 0 Å². The van der Waals surface area contributed by atoms with Crippen LogP contribution in [-0.4, -0.2) is 30.2 Å². The maximum atomic E-state index is 12.2. The first kappa shape index (κ1) is 13.4. The van der Waals surface area contributed by atoms with Crippen molar-refractivity contribution >= 4 is 12.2 Å². The van der Waals surface area contributed by atoms with E-state index in [9.17, 15) is 9.59 Å². The lowest BCUT2D eigenvalue weighted by Gasteiger charge is -2.20. The van der Waals surface area contributed by atoms with E-state index >= 15 is 0 Å². The first-order valence-corrected chi connectivity index (χ1v) is 6.05. The summed E-state index contributed by atoms with van der Waals surface area (Å²) in [6, 6.07) is 5.45. The Morgan fingerprint density at radius 2 is 1.88 bits per heavy atom. The second kappa shape index (κ2) is 6.18. The fraction of sp³-hybridized carbons (Fsp3) is 0.429. The number of benzene rings is 1. The van der Waals surface area contributed by atoms with E-state index in [1.54, 1.807) is 11.0 Å². The number of carbonyl (C=O) groups excluding carboxylic acids is 2. The number of nitrogens with zero attached hydrogens (tertiary/aromatic N) is 1. The third-order valence-corrected chi connectivity index (χ3v) is 2.98. The number of amides is 1. The van der Waals surface area contributed by atoms with Crippen LogP contribution in [0.3, 0.4) is 0 Å². The van der Waals surface area contributed by atoms with Crippen molar-refractivity contribution < 1.29 is 9.59 Å². The highest BCUT2D eigenvalue weighted by molar-refractivity contribution is 6.02. The van der Waals surface area contributed by atoms with Gasteiger partial charge in [-0.3, -0.25) is 9.59 Å². The van der Waals surface area contributed by atoms with Crippen LogP contribution in [0.1, 0.15) is 47.1 Å². The molecule has 1 aromatic rings. The summed E-state index contributed by atoms with van der Waals surface area (Å²) in [6.45, 7) is 7.17. The van der Waals surface area contributed by atoms with Crippen molar-refractivity contribution in [2.75, 3.05) is 13.1 Å². The monoisotopic (exact) mass is 233 g/mol. The lowest BCUT2D eigenvalue weighted by atomic mass is 9.99. The fourth-order valence-corrected chi connectivity index (χ4v) is 1.93. The number of hydrogen-bond donors (Lipinski definition) is 0. The van der Waals surface area contributed by atoms with Gasteiger partial charge in [0, 0.05) is 18.7 Å². The first-order valence-electron chi connectivity index (χ1n) is 6.05. The van der Waals surface area contributed by atoms with Gasteiger partial charge in [-0.15, -0.1) is 0 Å². The molecule has 0 N–H and O–H groups in total. The van der Waals surface area contributed by atoms with Gasteiger partial charge in [-0.25, -0.2) is 0 Å². The second-order valence-corrected chi connectivity index (χ2v) is 3.83. The summed E-state index contributed by atoms with van der Waals surface area (Å²) in [7, 11) is 0. The van der Waals surface area contributed by atoms with Crippen molar-refractivity contribution in [3.8, 4) is 0 Å². The van der Waals surface area contributed by atoms with E-state index in [1.165, 1.54) is 0 Å². The van der Waals surface area contributed by atoms with E-state index in [1.807, 2.05) is 32.9 Å². The first-order chi connectivity index (χ1) is 8.19. The van der Waals surface area contributed by atoms with Crippen molar-refractivity contribution in [1.29, 1.82) is 0 Å². The van der Waals surface area contributed by atoms with Gasteiger partial charge in [-0.1, -0.05) is 19.1 Å². The Balaban J connectivity index is 3.21. The SMILES string of the molecule is CCc1cccc(C(=O)N(CC)CC)c1C=O. The Kier molecular flexibility index (Phi) is 4.88. The van der Waals surface area contributed by atoms with Crippen LogP contribution >= 0.6 is 0 Å². The molecule has 0 saturated heterocycles. The van der Waals surface area contributed by atoms with Crippen molar-refractivity contribution in [1.82, 2.24) is 4.90 Å². The van der Waals surface area contributed by atoms with Crippen LogP contribution in [0, 0.1) is 0 Å². The highest BCUT2D eigenvalue weighted by Gasteiger charge is 2.17. The number of rotatable bonds is 5. The Bertz CT molecular complexity index is 409. The Hall–Kier alpha value is -1.64. The summed E-state index contributed by atoms with van der Waals surface area (Å²) in [4.78, 5) is 25.1. The molecule has 1 amide bonds. The number of carbonyl (C=O) groups is 2. The number of aryl methyl sites for hydroxylation is 1. The fourth-order valence-electron chi connectivity index (χ4n) is 1.93. The second-order valence-electron chi connectivity index (χ2n) is 3.83. The van der Waals surface area contributed by atoms with Crippen LogP contribution in [0.15, 0.2) is 18.2 Å². The molecule has 0 aliphatic rings. The van der Waals surface area contributed by atoms with Crippen LogP contribution in [0.5, 0.6) is 0 Å². The zero-order chi connectivity index (χ0) is 12.8. The largest absolute Gasteiger partial charge is 0.339 e. The molecule has 92 valence electrons. The summed E-state index contributed by atoms with van der Waals surface area (Å²) in [5.74, 6) is -0.0626. The maximum Gasteiger partial charge on any atom is 0.254 e. The minimum absolute atomic E-state index is 0.0626. The summed E-state index contributed by atoms with van der Waals surface area (Å²) < 4.78 is 0. The van der Waals surface area contributed by atoms with Gasteiger partial charge >= 0.3 is 0 Å². The highest BCUT2D eigenvalue weighted by Crippen LogP contribution is 2.15. The van der Waals surface area contributed by atoms with Gasteiger partial charge in [0.15, 0.2) is 6.29 Å². The highest BCUT2D eigenvalue weighted by atomic mass is 16.2. The predicted octanol–water partition coefficient (Wildman–Crippen LogP) is 2.54. The van der Waals surface area contributed by atoms with E-state index < -0.39 is 0 Å². The molecule has 0 aliphatic heterocycles. The molecule has 0 unspecified atom stereocenters. The van der Waals surface area contributed by atoms with Gasteiger partial charge < -0.3 is 4.90 Å². The molecule has 1 aromatic carbocycles. The Morgan fingerprint density at radius 3 is 2.35 bits per heavy atom. The number of aldehydes is 1. The van der Waals surface area contributed by atoms with Crippen LogP contribution < -0.4 is 0 Å². The summed E-state index contributed by atoms with van der Waals surface area (Å²) in [5, 5.41) is 0. The average Bonchev–Trinajstić information content (AvgIpc) is 2.38. The molecule has 0 spiro atoms. The van der Waals surface area contributed by atoms with E-state index in [0.717, 1.165) is 18.3 Å². The van der Waals surface area contributed by atoms with Gasteiger partial charge in [-0.05, 0) is 31.9 Å². The number of hydrogen-bond acceptors (Lipinski definition) is 2. The molecule has 0 fully saturated rings. The molecule has 3 nitrogen and oxygen atoms in total. The van der Waals surface area contributed by atoms with Crippen LogP contribution in [-0.2, 0) is 6.42 Å². The molecule has 17 heavy (non-hydrogen) atoms. The van der Waals surface area contributed by atoms with Crippen LogP contribution in [0.4, 0.5) is 0 Å². The molecule has 0 bridgehead atoms. The average molecular weight is 233 g/mol. The molecule has 0 radical (unpaired) electrons. The van der Waals surface area contributed by atoms with Gasteiger partial charge in [0.2, 0.25) is 0 Å². The van der Waals surface area contributed by atoms with Crippen molar-refractivity contribution in [2.24, 2.45) is 0 Å². The van der Waals surface area contributed by atoms with Gasteiger partial charge in [0.25, 0.3) is 5.91 Å². The lowest BCUT2D eigenvalue weighted by molar-refractivity contribution is 0.0770. The molecule has 3 heteroatoms. The van der Waals surface area contributed by atoms with Gasteiger partial charge in [0.1, 0.15) is 0 Å². The normalized spacial score (nSPS) is 10.1. The standard InChI is InChI=1S/C14H19NO2/c1-4-11-8-7-9-12(13(11)10-16)14(17)15(5-2)6-3/h7-10H,4-6H2,1-3H3. The third-order valence-electron chi connectivity index (χ3n) is 2.98. The smallest absolute Gasteiger partial charge is 0.254 e. The minimum Gasteiger partial charge on any atom is -0.339 e. The van der Waals surface area contributed by atoms with E-state index in [-0.39, 0.29) is 5.91 Å². The summed E-state index contributed by atoms with van der Waals surface area (Å²) in [6.07, 6.45) is 1.54. The Morgan fingerprint density at radius 1 is 1.24 bits per heavy atom. The topological polar surface area (TPSA) is 37.4 Å².